The summed E-state index contributed by atoms with van der Waals surface area (Å²) in [6, 6.07) is 6.98. The number of amides is 1. The lowest BCUT2D eigenvalue weighted by Crippen LogP contribution is -2.29. The second-order valence-electron chi connectivity index (χ2n) is 7.88. The van der Waals surface area contributed by atoms with Gasteiger partial charge in [0.15, 0.2) is 12.4 Å². The molecule has 0 atom stereocenters. The largest absolute Gasteiger partial charge is 0.482 e. The Kier molecular flexibility index (Phi) is 6.11. The highest BCUT2D eigenvalue weighted by molar-refractivity contribution is 6.03. The standard InChI is InChI=1S/C21H20F4N4O3/c1-20(2,3)29-10-8-17(27-29)26-18(30)14-5-4-9-28(19(14)31)15-7-6-13(22)11-16(15)32-12-21(23,24)25/h4-11H,12H2,1-3H3,(H,26,27,30). The Morgan fingerprint density at radius 3 is 2.47 bits per heavy atom. The van der Waals surface area contributed by atoms with Gasteiger partial charge in [0, 0.05) is 24.5 Å². The van der Waals surface area contributed by atoms with Gasteiger partial charge in [-0.1, -0.05) is 0 Å². The molecule has 1 aromatic carbocycles. The number of rotatable bonds is 5. The van der Waals surface area contributed by atoms with Gasteiger partial charge in [-0.3, -0.25) is 18.8 Å². The number of benzene rings is 1. The van der Waals surface area contributed by atoms with Crippen molar-refractivity contribution in [3.05, 3.63) is 70.5 Å². The van der Waals surface area contributed by atoms with Crippen LogP contribution in [0.1, 0.15) is 31.1 Å². The third-order valence-electron chi connectivity index (χ3n) is 4.28. The number of halogens is 4. The van der Waals surface area contributed by atoms with Crippen LogP contribution in [0.4, 0.5) is 23.4 Å². The van der Waals surface area contributed by atoms with Gasteiger partial charge in [-0.15, -0.1) is 0 Å². The molecule has 0 fully saturated rings. The van der Waals surface area contributed by atoms with Crippen molar-refractivity contribution in [1.82, 2.24) is 14.3 Å². The molecular formula is C21H20F4N4O3. The Morgan fingerprint density at radius 1 is 1.12 bits per heavy atom. The summed E-state index contributed by atoms with van der Waals surface area (Å²) in [4.78, 5) is 25.6. The highest BCUT2D eigenvalue weighted by atomic mass is 19.4. The van der Waals surface area contributed by atoms with Crippen molar-refractivity contribution in [1.29, 1.82) is 0 Å². The van der Waals surface area contributed by atoms with Crippen LogP contribution in [0.2, 0.25) is 0 Å². The maximum Gasteiger partial charge on any atom is 0.422 e. The molecule has 3 aromatic rings. The number of hydrogen-bond donors (Lipinski definition) is 1. The van der Waals surface area contributed by atoms with Gasteiger partial charge in [-0.25, -0.2) is 4.39 Å². The van der Waals surface area contributed by atoms with Crippen LogP contribution in [0.3, 0.4) is 0 Å². The fraction of sp³-hybridized carbons (Fsp3) is 0.286. The number of nitrogens with zero attached hydrogens (tertiary/aromatic N) is 3. The number of aromatic nitrogens is 3. The van der Waals surface area contributed by atoms with E-state index in [0.717, 1.165) is 22.8 Å². The maximum absolute atomic E-state index is 13.6. The van der Waals surface area contributed by atoms with E-state index >= 15 is 0 Å². The van der Waals surface area contributed by atoms with E-state index in [1.807, 2.05) is 20.8 Å². The molecule has 32 heavy (non-hydrogen) atoms. The molecule has 0 bridgehead atoms. The first-order chi connectivity index (χ1) is 14.8. The Balaban J connectivity index is 1.93. The zero-order chi connectivity index (χ0) is 23.7. The summed E-state index contributed by atoms with van der Waals surface area (Å²) in [5, 5.41) is 6.75. The molecule has 1 amide bonds. The van der Waals surface area contributed by atoms with Crippen molar-refractivity contribution in [3.8, 4) is 11.4 Å². The lowest BCUT2D eigenvalue weighted by Gasteiger charge is -2.18. The molecule has 2 heterocycles. The van der Waals surface area contributed by atoms with Gasteiger partial charge >= 0.3 is 6.18 Å². The summed E-state index contributed by atoms with van der Waals surface area (Å²) in [7, 11) is 0. The summed E-state index contributed by atoms with van der Waals surface area (Å²) in [5.41, 5.74) is -1.59. The van der Waals surface area contributed by atoms with Gasteiger partial charge in [0.25, 0.3) is 11.5 Å². The molecule has 0 unspecified atom stereocenters. The predicted molar refractivity (Wildman–Crippen MR) is 109 cm³/mol. The second-order valence-corrected chi connectivity index (χ2v) is 7.88. The minimum absolute atomic E-state index is 0.146. The normalized spacial score (nSPS) is 12.0. The van der Waals surface area contributed by atoms with Crippen LogP contribution < -0.4 is 15.6 Å². The smallest absolute Gasteiger partial charge is 0.422 e. The van der Waals surface area contributed by atoms with Gasteiger partial charge in [0.05, 0.1) is 11.2 Å². The van der Waals surface area contributed by atoms with Crippen LogP contribution in [0.25, 0.3) is 5.69 Å². The Hall–Kier alpha value is -3.63. The molecular weight excluding hydrogens is 432 g/mol. The van der Waals surface area contributed by atoms with Crippen molar-refractivity contribution < 1.29 is 27.1 Å². The molecule has 0 aliphatic carbocycles. The van der Waals surface area contributed by atoms with E-state index in [1.165, 1.54) is 18.3 Å². The third-order valence-corrected chi connectivity index (χ3v) is 4.28. The molecule has 0 saturated carbocycles. The molecule has 3 rings (SSSR count). The number of pyridine rings is 1. The topological polar surface area (TPSA) is 78.1 Å². The van der Waals surface area contributed by atoms with E-state index in [9.17, 15) is 27.2 Å². The van der Waals surface area contributed by atoms with Gasteiger partial charge in [-0.05, 0) is 45.0 Å². The van der Waals surface area contributed by atoms with E-state index in [0.29, 0.717) is 0 Å². The summed E-state index contributed by atoms with van der Waals surface area (Å²) in [5.74, 6) is -1.88. The van der Waals surface area contributed by atoms with Crippen molar-refractivity contribution in [2.24, 2.45) is 0 Å². The van der Waals surface area contributed by atoms with Crippen LogP contribution >= 0.6 is 0 Å². The number of anilines is 1. The summed E-state index contributed by atoms with van der Waals surface area (Å²) in [6.07, 6.45) is -1.75. The second kappa shape index (κ2) is 8.48. The molecule has 0 aliphatic heterocycles. The van der Waals surface area contributed by atoms with Gasteiger partial charge in [0.2, 0.25) is 0 Å². The fourth-order valence-corrected chi connectivity index (χ4v) is 2.77. The van der Waals surface area contributed by atoms with Crippen LogP contribution in [0.15, 0.2) is 53.6 Å². The summed E-state index contributed by atoms with van der Waals surface area (Å²) >= 11 is 0. The molecule has 7 nitrogen and oxygen atoms in total. The molecule has 1 N–H and O–H groups in total. The van der Waals surface area contributed by atoms with E-state index in [4.69, 9.17) is 0 Å². The summed E-state index contributed by atoms with van der Waals surface area (Å²) in [6.45, 7) is 4.09. The summed E-state index contributed by atoms with van der Waals surface area (Å²) < 4.78 is 58.5. The van der Waals surface area contributed by atoms with Gasteiger partial charge in [-0.2, -0.15) is 18.3 Å². The average molecular weight is 452 g/mol. The molecule has 0 saturated heterocycles. The van der Waals surface area contributed by atoms with Crippen LogP contribution in [-0.2, 0) is 5.54 Å². The van der Waals surface area contributed by atoms with E-state index < -0.39 is 35.8 Å². The molecule has 2 aromatic heterocycles. The molecule has 11 heteroatoms. The number of nitrogens with one attached hydrogen (secondary N) is 1. The van der Waals surface area contributed by atoms with Crippen molar-refractivity contribution >= 4 is 11.7 Å². The maximum atomic E-state index is 13.6. The zero-order valence-corrected chi connectivity index (χ0v) is 17.4. The third kappa shape index (κ3) is 5.34. The number of carbonyl (C=O) groups excluding carboxylic acids is 1. The highest BCUT2D eigenvalue weighted by Crippen LogP contribution is 2.26. The number of carbonyl (C=O) groups is 1. The van der Waals surface area contributed by atoms with Crippen molar-refractivity contribution in [3.63, 3.8) is 0 Å². The minimum atomic E-state index is -4.66. The first-order valence-corrected chi connectivity index (χ1v) is 9.44. The quantitative estimate of drug-likeness (QED) is 0.591. The lowest BCUT2D eigenvalue weighted by atomic mass is 10.1. The van der Waals surface area contributed by atoms with Gasteiger partial charge < -0.3 is 10.1 Å². The minimum Gasteiger partial charge on any atom is -0.482 e. The molecule has 170 valence electrons. The van der Waals surface area contributed by atoms with E-state index in [1.54, 1.807) is 16.9 Å². The predicted octanol–water partition coefficient (Wildman–Crippen LogP) is 4.12. The Bertz CT molecular complexity index is 1190. The number of alkyl halides is 3. The first kappa shape index (κ1) is 23.0. The zero-order valence-electron chi connectivity index (χ0n) is 17.4. The Morgan fingerprint density at radius 2 is 1.84 bits per heavy atom. The SMILES string of the molecule is CC(C)(C)n1ccc(NC(=O)c2cccn(-c3ccc(F)cc3OCC(F)(F)F)c2=O)n1. The van der Waals surface area contributed by atoms with Crippen LogP contribution in [0.5, 0.6) is 5.75 Å². The van der Waals surface area contributed by atoms with E-state index in [-0.39, 0.29) is 22.6 Å². The highest BCUT2D eigenvalue weighted by Gasteiger charge is 2.29. The Labute approximate surface area is 180 Å². The van der Waals surface area contributed by atoms with E-state index in [2.05, 4.69) is 15.2 Å². The van der Waals surface area contributed by atoms with Crippen molar-refractivity contribution in [2.75, 3.05) is 11.9 Å². The average Bonchev–Trinajstić information content (AvgIpc) is 3.15. The van der Waals surface area contributed by atoms with Crippen LogP contribution in [-0.4, -0.2) is 33.0 Å². The lowest BCUT2D eigenvalue weighted by molar-refractivity contribution is -0.153. The van der Waals surface area contributed by atoms with Gasteiger partial charge in [0.1, 0.15) is 17.1 Å². The number of ether oxygens (including phenoxy) is 1. The molecule has 0 spiro atoms. The number of hydrogen-bond acceptors (Lipinski definition) is 4. The first-order valence-electron chi connectivity index (χ1n) is 9.44. The van der Waals surface area contributed by atoms with Crippen LogP contribution in [0, 0.1) is 5.82 Å². The van der Waals surface area contributed by atoms with Crippen molar-refractivity contribution in [2.45, 2.75) is 32.5 Å². The fourth-order valence-electron chi connectivity index (χ4n) is 2.77. The molecule has 0 aliphatic rings. The monoisotopic (exact) mass is 452 g/mol. The molecule has 0 radical (unpaired) electrons.